The first-order valence-corrected chi connectivity index (χ1v) is 11.4. The predicted octanol–water partition coefficient (Wildman–Crippen LogP) is 3.34. The van der Waals surface area contributed by atoms with Crippen molar-refractivity contribution in [1.82, 2.24) is 14.6 Å². The molecule has 1 aromatic carbocycles. The van der Waals surface area contributed by atoms with Gasteiger partial charge in [-0.2, -0.15) is 4.31 Å². The summed E-state index contributed by atoms with van der Waals surface area (Å²) in [7, 11) is -3.53. The van der Waals surface area contributed by atoms with Crippen molar-refractivity contribution in [1.29, 1.82) is 0 Å². The molecule has 2 aromatic rings. The molecule has 0 saturated heterocycles. The number of urea groups is 1. The fourth-order valence-corrected chi connectivity index (χ4v) is 5.02. The van der Waals surface area contributed by atoms with Gasteiger partial charge in [0.1, 0.15) is 0 Å². The Labute approximate surface area is 169 Å². The average molecular weight is 421 g/mol. The van der Waals surface area contributed by atoms with Crippen LogP contribution in [0.4, 0.5) is 9.93 Å². The second-order valence-corrected chi connectivity index (χ2v) is 9.89. The van der Waals surface area contributed by atoms with E-state index in [1.54, 1.807) is 6.08 Å². The van der Waals surface area contributed by atoms with E-state index in [-0.39, 0.29) is 18.6 Å². The van der Waals surface area contributed by atoms with E-state index in [4.69, 9.17) is 0 Å². The first kappa shape index (κ1) is 20.5. The molecule has 0 fully saturated rings. The van der Waals surface area contributed by atoms with E-state index in [0.717, 1.165) is 21.7 Å². The van der Waals surface area contributed by atoms with Crippen LogP contribution in [-0.4, -0.2) is 36.3 Å². The zero-order chi connectivity index (χ0) is 20.3. The maximum Gasteiger partial charge on any atom is 0.321 e. The third kappa shape index (κ3) is 5.18. The van der Waals surface area contributed by atoms with Crippen LogP contribution in [0.2, 0.25) is 0 Å². The van der Waals surface area contributed by atoms with Crippen LogP contribution in [0.3, 0.4) is 0 Å². The molecule has 0 aliphatic carbocycles. The van der Waals surface area contributed by atoms with Gasteiger partial charge in [0.15, 0.2) is 5.13 Å². The molecule has 9 heteroatoms. The van der Waals surface area contributed by atoms with Crippen molar-refractivity contribution in [2.45, 2.75) is 39.8 Å². The number of hydrogen-bond acceptors (Lipinski definition) is 5. The molecule has 1 aromatic heterocycles. The Morgan fingerprint density at radius 2 is 2.00 bits per heavy atom. The van der Waals surface area contributed by atoms with Crippen molar-refractivity contribution >= 4 is 38.6 Å². The van der Waals surface area contributed by atoms with E-state index in [2.05, 4.69) is 15.6 Å². The summed E-state index contributed by atoms with van der Waals surface area (Å²) in [5.74, 6) is 0. The maximum absolute atomic E-state index is 12.7. The lowest BCUT2D eigenvalue weighted by atomic mass is 10.2. The van der Waals surface area contributed by atoms with E-state index in [1.807, 2.05) is 45.0 Å². The van der Waals surface area contributed by atoms with Gasteiger partial charge in [-0.15, -0.1) is 0 Å². The van der Waals surface area contributed by atoms with Crippen molar-refractivity contribution in [2.75, 3.05) is 11.9 Å². The average Bonchev–Trinajstić information content (AvgIpc) is 3.01. The lowest BCUT2D eigenvalue weighted by Crippen LogP contribution is -2.34. The summed E-state index contributed by atoms with van der Waals surface area (Å²) in [6.07, 6.45) is 2.14. The summed E-state index contributed by atoms with van der Waals surface area (Å²) in [5, 5.41) is 7.19. The summed E-state index contributed by atoms with van der Waals surface area (Å²) >= 11 is 1.31. The summed E-state index contributed by atoms with van der Waals surface area (Å²) in [6, 6.07) is 7.38. The molecule has 150 valence electrons. The van der Waals surface area contributed by atoms with Gasteiger partial charge in [0.25, 0.3) is 0 Å². The number of aryl methyl sites for hydroxylation is 1. The molecular weight excluding hydrogens is 396 g/mol. The Morgan fingerprint density at radius 3 is 2.68 bits per heavy atom. The molecule has 0 saturated carbocycles. The third-order valence-corrected chi connectivity index (χ3v) is 6.72. The Hall–Kier alpha value is -2.23. The SMILES string of the molecule is Cc1ccc(/C=C/S(=O)(=O)N2CCc3nc(NC(=O)NC(C)C)sc3C2)cc1. The molecule has 3 rings (SSSR count). The monoisotopic (exact) mass is 420 g/mol. The van der Waals surface area contributed by atoms with Gasteiger partial charge in [-0.1, -0.05) is 41.2 Å². The minimum absolute atomic E-state index is 0.0236. The Balaban J connectivity index is 1.68. The predicted molar refractivity (Wildman–Crippen MR) is 113 cm³/mol. The Morgan fingerprint density at radius 1 is 1.29 bits per heavy atom. The lowest BCUT2D eigenvalue weighted by molar-refractivity contribution is 0.250. The molecule has 2 amide bonds. The number of carbonyl (C=O) groups excluding carboxylic acids is 1. The van der Waals surface area contributed by atoms with Crippen LogP contribution in [-0.2, 0) is 23.0 Å². The number of nitrogens with one attached hydrogen (secondary N) is 2. The first-order valence-electron chi connectivity index (χ1n) is 9.04. The first-order chi connectivity index (χ1) is 13.2. The zero-order valence-corrected chi connectivity index (χ0v) is 17.7. The molecule has 2 N–H and O–H groups in total. The Bertz CT molecular complexity index is 979. The highest BCUT2D eigenvalue weighted by molar-refractivity contribution is 7.92. The molecule has 0 spiro atoms. The summed E-state index contributed by atoms with van der Waals surface area (Å²) < 4.78 is 26.8. The molecule has 0 unspecified atom stereocenters. The van der Waals surface area contributed by atoms with Gasteiger partial charge in [-0.3, -0.25) is 5.32 Å². The van der Waals surface area contributed by atoms with Crippen LogP contribution in [0, 0.1) is 6.92 Å². The smallest absolute Gasteiger partial charge is 0.321 e. The maximum atomic E-state index is 12.7. The number of amides is 2. The Kier molecular flexibility index (Phi) is 6.17. The van der Waals surface area contributed by atoms with Crippen molar-refractivity contribution in [3.05, 3.63) is 51.4 Å². The number of carbonyl (C=O) groups is 1. The van der Waals surface area contributed by atoms with Gasteiger partial charge in [0.05, 0.1) is 12.2 Å². The quantitative estimate of drug-likeness (QED) is 0.776. The van der Waals surface area contributed by atoms with E-state index in [0.29, 0.717) is 18.1 Å². The van der Waals surface area contributed by atoms with Crippen LogP contribution in [0.5, 0.6) is 0 Å². The number of rotatable bonds is 5. The summed E-state index contributed by atoms with van der Waals surface area (Å²) in [4.78, 5) is 17.1. The topological polar surface area (TPSA) is 91.4 Å². The molecule has 0 atom stereocenters. The molecule has 0 bridgehead atoms. The number of hydrogen-bond donors (Lipinski definition) is 2. The van der Waals surface area contributed by atoms with Gasteiger partial charge in [0.2, 0.25) is 10.0 Å². The fraction of sp³-hybridized carbons (Fsp3) is 0.368. The standard InChI is InChI=1S/C19H24N4O3S2/c1-13(2)20-18(24)22-19-21-16-8-10-23(12-17(16)27-19)28(25,26)11-9-15-6-4-14(3)5-7-15/h4-7,9,11,13H,8,10,12H2,1-3H3,(H2,20,21,22,24)/b11-9+. The van der Waals surface area contributed by atoms with E-state index >= 15 is 0 Å². The van der Waals surface area contributed by atoms with Gasteiger partial charge in [0, 0.05) is 29.3 Å². The minimum atomic E-state index is -3.53. The van der Waals surface area contributed by atoms with Gasteiger partial charge >= 0.3 is 6.03 Å². The largest absolute Gasteiger partial charge is 0.336 e. The van der Waals surface area contributed by atoms with Crippen LogP contribution >= 0.6 is 11.3 Å². The van der Waals surface area contributed by atoms with Crippen LogP contribution in [0.25, 0.3) is 6.08 Å². The normalized spacial score (nSPS) is 15.0. The molecule has 7 nitrogen and oxygen atoms in total. The zero-order valence-electron chi connectivity index (χ0n) is 16.1. The number of aromatic nitrogens is 1. The van der Waals surface area contributed by atoms with Gasteiger partial charge in [-0.05, 0) is 32.4 Å². The second-order valence-electron chi connectivity index (χ2n) is 6.98. The van der Waals surface area contributed by atoms with E-state index < -0.39 is 10.0 Å². The molecule has 28 heavy (non-hydrogen) atoms. The van der Waals surface area contributed by atoms with Gasteiger partial charge < -0.3 is 5.32 Å². The number of anilines is 1. The van der Waals surface area contributed by atoms with Crippen molar-refractivity contribution in [3.63, 3.8) is 0 Å². The summed E-state index contributed by atoms with van der Waals surface area (Å²) in [5.41, 5.74) is 2.81. The van der Waals surface area contributed by atoms with E-state index in [1.165, 1.54) is 21.1 Å². The molecule has 2 heterocycles. The van der Waals surface area contributed by atoms with E-state index in [9.17, 15) is 13.2 Å². The van der Waals surface area contributed by atoms with Crippen molar-refractivity contribution in [2.24, 2.45) is 0 Å². The molecule has 1 aliphatic heterocycles. The molecule has 0 radical (unpaired) electrons. The number of fused-ring (bicyclic) bond motifs is 1. The number of benzene rings is 1. The minimum Gasteiger partial charge on any atom is -0.336 e. The van der Waals surface area contributed by atoms with Crippen LogP contribution in [0.1, 0.15) is 35.5 Å². The van der Waals surface area contributed by atoms with Crippen LogP contribution in [0.15, 0.2) is 29.7 Å². The number of sulfonamides is 1. The second kappa shape index (κ2) is 8.42. The molecular formula is C19H24N4O3S2. The van der Waals surface area contributed by atoms with Crippen LogP contribution < -0.4 is 10.6 Å². The lowest BCUT2D eigenvalue weighted by Gasteiger charge is -2.23. The number of thiazole rings is 1. The highest BCUT2D eigenvalue weighted by atomic mass is 32.2. The highest BCUT2D eigenvalue weighted by Gasteiger charge is 2.27. The fourth-order valence-electron chi connectivity index (χ4n) is 2.77. The number of nitrogens with zero attached hydrogens (tertiary/aromatic N) is 2. The van der Waals surface area contributed by atoms with Gasteiger partial charge in [-0.25, -0.2) is 18.2 Å². The highest BCUT2D eigenvalue weighted by Crippen LogP contribution is 2.29. The molecule has 1 aliphatic rings. The third-order valence-electron chi connectivity index (χ3n) is 4.21. The van der Waals surface area contributed by atoms with Crippen molar-refractivity contribution in [3.8, 4) is 0 Å². The van der Waals surface area contributed by atoms with Crippen molar-refractivity contribution < 1.29 is 13.2 Å². The summed E-state index contributed by atoms with van der Waals surface area (Å²) in [6.45, 7) is 6.37.